The molecule has 1 aromatic heterocycles. The zero-order valence-corrected chi connectivity index (χ0v) is 12.0. The molecule has 110 valence electrons. The summed E-state index contributed by atoms with van der Waals surface area (Å²) < 4.78 is 4.96. The van der Waals surface area contributed by atoms with Crippen molar-refractivity contribution < 1.29 is 14.3 Å². The van der Waals surface area contributed by atoms with Gasteiger partial charge in [0.15, 0.2) is 5.69 Å². The quantitative estimate of drug-likeness (QED) is 0.782. The Labute approximate surface area is 118 Å². The van der Waals surface area contributed by atoms with Crippen molar-refractivity contribution in [2.45, 2.75) is 0 Å². The van der Waals surface area contributed by atoms with Gasteiger partial charge in [-0.05, 0) is 12.1 Å². The van der Waals surface area contributed by atoms with Gasteiger partial charge in [-0.3, -0.25) is 9.59 Å². The lowest BCUT2D eigenvalue weighted by atomic mass is 10.2. The van der Waals surface area contributed by atoms with Crippen LogP contribution < -0.4 is 5.73 Å². The highest BCUT2D eigenvalue weighted by Crippen LogP contribution is 2.10. The van der Waals surface area contributed by atoms with Gasteiger partial charge in [0.05, 0.1) is 12.3 Å². The van der Waals surface area contributed by atoms with E-state index < -0.39 is 0 Å². The smallest absolute Gasteiger partial charge is 0.275 e. The third-order valence-electron chi connectivity index (χ3n) is 2.72. The lowest BCUT2D eigenvalue weighted by Gasteiger charge is -2.23. The predicted molar refractivity (Wildman–Crippen MR) is 75.1 cm³/mol. The minimum atomic E-state index is -0.379. The monoisotopic (exact) mass is 280 g/mol. The molecule has 0 bridgehead atoms. The molecular formula is C13H20N4O3. The zero-order chi connectivity index (χ0) is 15.1. The molecule has 1 aromatic rings. The Morgan fingerprint density at radius 2 is 2.10 bits per heavy atom. The van der Waals surface area contributed by atoms with Gasteiger partial charge in [-0.1, -0.05) is 0 Å². The maximum Gasteiger partial charge on any atom is 0.275 e. The van der Waals surface area contributed by atoms with Gasteiger partial charge < -0.3 is 20.3 Å². The number of nitrogen functional groups attached to an aromatic ring is 1. The van der Waals surface area contributed by atoms with Crippen LogP contribution in [-0.2, 0) is 9.53 Å². The van der Waals surface area contributed by atoms with Gasteiger partial charge in [0.25, 0.3) is 5.91 Å². The Kier molecular flexibility index (Phi) is 5.92. The highest BCUT2D eigenvalue weighted by molar-refractivity contribution is 5.98. The van der Waals surface area contributed by atoms with Crippen LogP contribution in [0.5, 0.6) is 0 Å². The summed E-state index contributed by atoms with van der Waals surface area (Å²) in [6.07, 6.45) is 1.49. The molecule has 0 aliphatic carbocycles. The summed E-state index contributed by atoms with van der Waals surface area (Å²) in [5.74, 6) is -0.556. The number of nitrogens with zero attached hydrogens (tertiary/aromatic N) is 3. The minimum Gasteiger partial charge on any atom is -0.397 e. The fourth-order valence-corrected chi connectivity index (χ4v) is 1.50. The number of likely N-dealkylation sites (N-methyl/N-ethyl adjacent to an activating group) is 1. The van der Waals surface area contributed by atoms with E-state index in [9.17, 15) is 9.59 Å². The summed E-state index contributed by atoms with van der Waals surface area (Å²) in [6, 6.07) is 3.25. The second-order valence-corrected chi connectivity index (χ2v) is 4.45. The largest absolute Gasteiger partial charge is 0.397 e. The van der Waals surface area contributed by atoms with Gasteiger partial charge in [0.1, 0.15) is 6.54 Å². The summed E-state index contributed by atoms with van der Waals surface area (Å²) in [4.78, 5) is 30.9. The van der Waals surface area contributed by atoms with E-state index in [2.05, 4.69) is 4.98 Å². The van der Waals surface area contributed by atoms with E-state index in [4.69, 9.17) is 10.5 Å². The molecule has 0 saturated carbocycles. The number of hydrogen-bond donors (Lipinski definition) is 1. The van der Waals surface area contributed by atoms with Crippen molar-refractivity contribution in [2.75, 3.05) is 46.6 Å². The number of carbonyl (C=O) groups excluding carboxylic acids is 2. The molecule has 0 radical (unpaired) electrons. The Balaban J connectivity index is 2.89. The lowest BCUT2D eigenvalue weighted by molar-refractivity contribution is -0.129. The molecule has 0 spiro atoms. The van der Waals surface area contributed by atoms with Gasteiger partial charge in [0.2, 0.25) is 5.91 Å². The molecular weight excluding hydrogens is 260 g/mol. The zero-order valence-electron chi connectivity index (χ0n) is 12.0. The van der Waals surface area contributed by atoms with Gasteiger partial charge in [-0.15, -0.1) is 0 Å². The number of nitrogens with two attached hydrogens (primary N) is 1. The van der Waals surface area contributed by atoms with Crippen molar-refractivity contribution in [2.24, 2.45) is 0 Å². The molecule has 1 heterocycles. The molecule has 0 saturated heterocycles. The van der Waals surface area contributed by atoms with Gasteiger partial charge in [-0.2, -0.15) is 0 Å². The maximum absolute atomic E-state index is 12.4. The number of methoxy groups -OCH3 is 1. The first kappa shape index (κ1) is 15.9. The van der Waals surface area contributed by atoms with Crippen molar-refractivity contribution in [3.63, 3.8) is 0 Å². The number of ether oxygens (including phenoxy) is 1. The maximum atomic E-state index is 12.4. The van der Waals surface area contributed by atoms with Crippen LogP contribution in [0.2, 0.25) is 0 Å². The normalized spacial score (nSPS) is 10.2. The van der Waals surface area contributed by atoms with Crippen LogP contribution in [0.1, 0.15) is 10.5 Å². The molecule has 20 heavy (non-hydrogen) atoms. The first-order valence-corrected chi connectivity index (χ1v) is 6.16. The topological polar surface area (TPSA) is 88.8 Å². The van der Waals surface area contributed by atoms with Crippen LogP contribution in [0, 0.1) is 0 Å². The van der Waals surface area contributed by atoms with Crippen molar-refractivity contribution in [1.29, 1.82) is 0 Å². The second kappa shape index (κ2) is 7.44. The molecule has 7 heteroatoms. The summed E-state index contributed by atoms with van der Waals surface area (Å²) in [7, 11) is 4.80. The molecule has 0 fully saturated rings. The Bertz CT molecular complexity index is 476. The number of anilines is 1. The minimum absolute atomic E-state index is 0.0365. The van der Waals surface area contributed by atoms with Gasteiger partial charge in [-0.25, -0.2) is 4.98 Å². The average molecular weight is 280 g/mol. The second-order valence-electron chi connectivity index (χ2n) is 4.45. The van der Waals surface area contributed by atoms with Crippen molar-refractivity contribution in [1.82, 2.24) is 14.8 Å². The summed E-state index contributed by atoms with van der Waals surface area (Å²) in [5, 5.41) is 0. The van der Waals surface area contributed by atoms with E-state index in [0.717, 1.165) is 0 Å². The molecule has 0 atom stereocenters. The number of carbonyl (C=O) groups is 2. The summed E-state index contributed by atoms with van der Waals surface area (Å²) in [6.45, 7) is 0.593. The van der Waals surface area contributed by atoms with E-state index in [0.29, 0.717) is 13.2 Å². The Hall–Kier alpha value is -2.15. The molecule has 1 rings (SSSR count). The van der Waals surface area contributed by atoms with E-state index in [1.165, 1.54) is 23.1 Å². The Morgan fingerprint density at radius 3 is 2.65 bits per heavy atom. The molecule has 2 amide bonds. The molecule has 0 aromatic carbocycles. The molecule has 7 nitrogen and oxygen atoms in total. The molecule has 0 aliphatic rings. The van der Waals surface area contributed by atoms with E-state index in [1.807, 2.05) is 0 Å². The Morgan fingerprint density at radius 1 is 1.40 bits per heavy atom. The number of aromatic nitrogens is 1. The van der Waals surface area contributed by atoms with Crippen LogP contribution in [0.4, 0.5) is 5.69 Å². The SMILES string of the molecule is COCCN(CC(=O)N(C)C)C(=O)c1ncccc1N. The van der Waals surface area contributed by atoms with Crippen molar-refractivity contribution in [3.05, 3.63) is 24.0 Å². The van der Waals surface area contributed by atoms with Crippen molar-refractivity contribution >= 4 is 17.5 Å². The third kappa shape index (κ3) is 4.20. The van der Waals surface area contributed by atoms with Crippen LogP contribution >= 0.6 is 0 Å². The number of pyridine rings is 1. The summed E-state index contributed by atoms with van der Waals surface area (Å²) in [5.41, 5.74) is 6.18. The van der Waals surface area contributed by atoms with Crippen LogP contribution in [0.25, 0.3) is 0 Å². The fourth-order valence-electron chi connectivity index (χ4n) is 1.50. The third-order valence-corrected chi connectivity index (χ3v) is 2.72. The van der Waals surface area contributed by atoms with E-state index in [-0.39, 0.29) is 29.7 Å². The lowest BCUT2D eigenvalue weighted by Crippen LogP contribution is -2.42. The van der Waals surface area contributed by atoms with Crippen molar-refractivity contribution in [3.8, 4) is 0 Å². The highest BCUT2D eigenvalue weighted by atomic mass is 16.5. The van der Waals surface area contributed by atoms with Crippen LogP contribution in [-0.4, -0.2) is 67.5 Å². The molecule has 0 unspecified atom stereocenters. The summed E-state index contributed by atoms with van der Waals surface area (Å²) >= 11 is 0. The average Bonchev–Trinajstić information content (AvgIpc) is 2.42. The van der Waals surface area contributed by atoms with E-state index >= 15 is 0 Å². The number of amides is 2. The molecule has 0 aliphatic heterocycles. The van der Waals surface area contributed by atoms with Crippen LogP contribution in [0.15, 0.2) is 18.3 Å². The van der Waals surface area contributed by atoms with Gasteiger partial charge in [0, 0.05) is 33.9 Å². The van der Waals surface area contributed by atoms with Crippen LogP contribution in [0.3, 0.4) is 0 Å². The first-order chi connectivity index (χ1) is 9.47. The predicted octanol–water partition coefficient (Wildman–Crippen LogP) is -0.159. The number of hydrogen-bond acceptors (Lipinski definition) is 5. The van der Waals surface area contributed by atoms with E-state index in [1.54, 1.807) is 26.2 Å². The standard InChI is InChI=1S/C13H20N4O3/c1-16(2)11(18)9-17(7-8-20-3)13(19)12-10(14)5-4-6-15-12/h4-6H,7-9,14H2,1-3H3. The van der Waals surface area contributed by atoms with Gasteiger partial charge >= 0.3 is 0 Å². The highest BCUT2D eigenvalue weighted by Gasteiger charge is 2.22. The number of rotatable bonds is 6. The molecule has 2 N–H and O–H groups in total. The first-order valence-electron chi connectivity index (χ1n) is 6.16. The fraction of sp³-hybridized carbons (Fsp3) is 0.462.